The number of hydrogen-bond donors (Lipinski definition) is 1. The van der Waals surface area contributed by atoms with E-state index in [4.69, 9.17) is 0 Å². The SMILES string of the molecule is C=C[C@H]1C[C@H]1[C@H](O)CCc1ccccc1. The number of aryl methyl sites for hydroxylation is 1. The van der Waals surface area contributed by atoms with Crippen LogP contribution < -0.4 is 0 Å². The number of rotatable bonds is 5. The zero-order valence-electron chi connectivity index (χ0n) is 8.97. The van der Waals surface area contributed by atoms with Crippen LogP contribution in [0.15, 0.2) is 43.0 Å². The Morgan fingerprint density at radius 1 is 1.40 bits per heavy atom. The molecule has 1 aliphatic carbocycles. The van der Waals surface area contributed by atoms with Gasteiger partial charge in [-0.3, -0.25) is 0 Å². The highest BCUT2D eigenvalue weighted by Gasteiger charge is 2.39. The monoisotopic (exact) mass is 202 g/mol. The number of allylic oxidation sites excluding steroid dienone is 1. The Kier molecular flexibility index (Phi) is 3.22. The lowest BCUT2D eigenvalue weighted by Gasteiger charge is -2.09. The maximum Gasteiger partial charge on any atom is 0.0577 e. The minimum atomic E-state index is -0.145. The Labute approximate surface area is 91.4 Å². The molecule has 1 heteroatoms. The van der Waals surface area contributed by atoms with Gasteiger partial charge < -0.3 is 5.11 Å². The van der Waals surface area contributed by atoms with Crippen LogP contribution in [-0.2, 0) is 6.42 Å². The molecule has 0 aromatic heterocycles. The molecule has 0 radical (unpaired) electrons. The summed E-state index contributed by atoms with van der Waals surface area (Å²) in [4.78, 5) is 0. The molecule has 0 heterocycles. The molecule has 2 rings (SSSR count). The van der Waals surface area contributed by atoms with Crippen molar-refractivity contribution >= 4 is 0 Å². The minimum absolute atomic E-state index is 0.145. The van der Waals surface area contributed by atoms with Crippen LogP contribution >= 0.6 is 0 Å². The molecule has 1 fully saturated rings. The van der Waals surface area contributed by atoms with Gasteiger partial charge in [0.1, 0.15) is 0 Å². The van der Waals surface area contributed by atoms with Crippen molar-refractivity contribution in [2.24, 2.45) is 11.8 Å². The average Bonchev–Trinajstić information content (AvgIpc) is 3.06. The first-order valence-electron chi connectivity index (χ1n) is 5.66. The third kappa shape index (κ3) is 2.69. The molecule has 1 aromatic carbocycles. The van der Waals surface area contributed by atoms with Crippen molar-refractivity contribution in [2.75, 3.05) is 0 Å². The van der Waals surface area contributed by atoms with Crippen LogP contribution in [0.4, 0.5) is 0 Å². The first-order chi connectivity index (χ1) is 7.31. The van der Waals surface area contributed by atoms with E-state index in [1.54, 1.807) is 0 Å². The van der Waals surface area contributed by atoms with Crippen molar-refractivity contribution in [1.29, 1.82) is 0 Å². The van der Waals surface area contributed by atoms with Gasteiger partial charge in [-0.1, -0.05) is 36.4 Å². The van der Waals surface area contributed by atoms with Crippen LogP contribution in [0.3, 0.4) is 0 Å². The summed E-state index contributed by atoms with van der Waals surface area (Å²) in [5.74, 6) is 1.04. The van der Waals surface area contributed by atoms with Crippen LogP contribution in [0, 0.1) is 11.8 Å². The zero-order chi connectivity index (χ0) is 10.7. The lowest BCUT2D eigenvalue weighted by molar-refractivity contribution is 0.138. The fourth-order valence-corrected chi connectivity index (χ4v) is 2.12. The molecule has 0 spiro atoms. The summed E-state index contributed by atoms with van der Waals surface area (Å²) < 4.78 is 0. The number of aliphatic hydroxyl groups is 1. The molecule has 0 unspecified atom stereocenters. The molecule has 1 saturated carbocycles. The first-order valence-corrected chi connectivity index (χ1v) is 5.66. The lowest BCUT2D eigenvalue weighted by atomic mass is 10.0. The largest absolute Gasteiger partial charge is 0.393 e. The zero-order valence-corrected chi connectivity index (χ0v) is 8.97. The van der Waals surface area contributed by atoms with Crippen LogP contribution in [0.2, 0.25) is 0 Å². The van der Waals surface area contributed by atoms with E-state index in [1.807, 2.05) is 24.3 Å². The highest BCUT2D eigenvalue weighted by atomic mass is 16.3. The highest BCUT2D eigenvalue weighted by Crippen LogP contribution is 2.43. The Morgan fingerprint density at radius 3 is 2.73 bits per heavy atom. The van der Waals surface area contributed by atoms with Crippen molar-refractivity contribution in [3.8, 4) is 0 Å². The van der Waals surface area contributed by atoms with Crippen LogP contribution in [0.25, 0.3) is 0 Å². The molecule has 0 bridgehead atoms. The van der Waals surface area contributed by atoms with Crippen LogP contribution in [0.5, 0.6) is 0 Å². The van der Waals surface area contributed by atoms with E-state index in [0.717, 1.165) is 19.3 Å². The van der Waals surface area contributed by atoms with Gasteiger partial charge in [0.05, 0.1) is 6.10 Å². The highest BCUT2D eigenvalue weighted by molar-refractivity contribution is 5.15. The topological polar surface area (TPSA) is 20.2 Å². The van der Waals surface area contributed by atoms with Gasteiger partial charge in [-0.2, -0.15) is 0 Å². The van der Waals surface area contributed by atoms with Crippen LogP contribution in [-0.4, -0.2) is 11.2 Å². The quantitative estimate of drug-likeness (QED) is 0.728. The lowest BCUT2D eigenvalue weighted by Crippen LogP contribution is -2.11. The van der Waals surface area contributed by atoms with Gasteiger partial charge in [-0.15, -0.1) is 6.58 Å². The molecule has 1 aliphatic rings. The molecule has 0 amide bonds. The van der Waals surface area contributed by atoms with Gasteiger partial charge in [0, 0.05) is 0 Å². The predicted molar refractivity (Wildman–Crippen MR) is 62.6 cm³/mol. The second-order valence-corrected chi connectivity index (χ2v) is 4.39. The third-order valence-corrected chi connectivity index (χ3v) is 3.26. The molecule has 80 valence electrons. The van der Waals surface area contributed by atoms with Gasteiger partial charge in [-0.05, 0) is 36.7 Å². The second-order valence-electron chi connectivity index (χ2n) is 4.39. The van der Waals surface area contributed by atoms with Crippen molar-refractivity contribution in [2.45, 2.75) is 25.4 Å². The summed E-state index contributed by atoms with van der Waals surface area (Å²) in [6, 6.07) is 10.3. The maximum atomic E-state index is 9.90. The number of aliphatic hydroxyl groups excluding tert-OH is 1. The third-order valence-electron chi connectivity index (χ3n) is 3.26. The maximum absolute atomic E-state index is 9.90. The fraction of sp³-hybridized carbons (Fsp3) is 0.429. The molecule has 0 saturated heterocycles. The van der Waals surface area contributed by atoms with Gasteiger partial charge in [0.15, 0.2) is 0 Å². The molecule has 15 heavy (non-hydrogen) atoms. The van der Waals surface area contributed by atoms with Gasteiger partial charge >= 0.3 is 0 Å². The van der Waals surface area contributed by atoms with Crippen molar-refractivity contribution < 1.29 is 5.11 Å². The Balaban J connectivity index is 1.77. The van der Waals surface area contributed by atoms with Crippen LogP contribution in [0.1, 0.15) is 18.4 Å². The van der Waals surface area contributed by atoms with E-state index in [0.29, 0.717) is 11.8 Å². The Bertz CT molecular complexity index is 317. The number of hydrogen-bond acceptors (Lipinski definition) is 1. The summed E-state index contributed by atoms with van der Waals surface area (Å²) in [6.07, 6.45) is 4.80. The van der Waals surface area contributed by atoms with E-state index in [1.165, 1.54) is 5.56 Å². The number of benzene rings is 1. The molecule has 1 aromatic rings. The summed E-state index contributed by atoms with van der Waals surface area (Å²) in [6.45, 7) is 3.76. The second kappa shape index (κ2) is 4.63. The summed E-state index contributed by atoms with van der Waals surface area (Å²) in [5.41, 5.74) is 1.31. The van der Waals surface area contributed by atoms with Gasteiger partial charge in [-0.25, -0.2) is 0 Å². The van der Waals surface area contributed by atoms with Gasteiger partial charge in [0.2, 0.25) is 0 Å². The standard InChI is InChI=1S/C14H18O/c1-2-12-10-13(12)14(15)9-8-11-6-4-3-5-7-11/h2-7,12-15H,1,8-10H2/t12-,13+,14+/m0/s1. The summed E-state index contributed by atoms with van der Waals surface area (Å²) >= 11 is 0. The Hall–Kier alpha value is -1.08. The predicted octanol–water partition coefficient (Wildman–Crippen LogP) is 2.80. The minimum Gasteiger partial charge on any atom is -0.393 e. The molecular formula is C14H18O. The normalized spacial score (nSPS) is 25.9. The van der Waals surface area contributed by atoms with E-state index in [-0.39, 0.29) is 6.10 Å². The van der Waals surface area contributed by atoms with Gasteiger partial charge in [0.25, 0.3) is 0 Å². The van der Waals surface area contributed by atoms with E-state index in [2.05, 4.69) is 18.7 Å². The smallest absolute Gasteiger partial charge is 0.0577 e. The molecule has 1 N–H and O–H groups in total. The van der Waals surface area contributed by atoms with E-state index >= 15 is 0 Å². The summed E-state index contributed by atoms with van der Waals surface area (Å²) in [5, 5.41) is 9.90. The first kappa shape index (κ1) is 10.4. The fourth-order valence-electron chi connectivity index (χ4n) is 2.12. The molecule has 3 atom stereocenters. The molecular weight excluding hydrogens is 184 g/mol. The van der Waals surface area contributed by atoms with Crippen molar-refractivity contribution in [3.05, 3.63) is 48.6 Å². The molecule has 0 aliphatic heterocycles. The van der Waals surface area contributed by atoms with E-state index in [9.17, 15) is 5.11 Å². The summed E-state index contributed by atoms with van der Waals surface area (Å²) in [7, 11) is 0. The Morgan fingerprint density at radius 2 is 2.13 bits per heavy atom. The average molecular weight is 202 g/mol. The van der Waals surface area contributed by atoms with Crippen molar-refractivity contribution in [3.63, 3.8) is 0 Å². The molecule has 1 nitrogen and oxygen atoms in total. The van der Waals surface area contributed by atoms with Crippen molar-refractivity contribution in [1.82, 2.24) is 0 Å². The van der Waals surface area contributed by atoms with E-state index < -0.39 is 0 Å².